The fourth-order valence-corrected chi connectivity index (χ4v) is 2.20. The zero-order chi connectivity index (χ0) is 13.8. The normalized spacial score (nSPS) is 10.7. The van der Waals surface area contributed by atoms with E-state index in [1.807, 2.05) is 39.0 Å². The van der Waals surface area contributed by atoms with Crippen LogP contribution in [0.5, 0.6) is 5.75 Å². The van der Waals surface area contributed by atoms with Crippen LogP contribution in [0.1, 0.15) is 25.1 Å². The first kappa shape index (κ1) is 13.5. The van der Waals surface area contributed by atoms with E-state index in [0.29, 0.717) is 13.2 Å². The van der Waals surface area contributed by atoms with Crippen molar-refractivity contribution in [2.75, 3.05) is 13.2 Å². The minimum atomic E-state index is -0.201. The van der Waals surface area contributed by atoms with Crippen LogP contribution in [0.15, 0.2) is 18.2 Å². The fourth-order valence-electron chi connectivity index (χ4n) is 2.20. The van der Waals surface area contributed by atoms with E-state index in [1.165, 1.54) is 0 Å². The summed E-state index contributed by atoms with van der Waals surface area (Å²) < 4.78 is 10.5. The molecule has 0 saturated heterocycles. The number of fused-ring (bicyclic) bond motifs is 1. The van der Waals surface area contributed by atoms with E-state index in [-0.39, 0.29) is 12.4 Å². The molecule has 0 fully saturated rings. The molecule has 4 nitrogen and oxygen atoms in total. The van der Waals surface area contributed by atoms with Gasteiger partial charge in [-0.1, -0.05) is 0 Å². The average Bonchev–Trinajstić information content (AvgIpc) is 2.67. The summed E-state index contributed by atoms with van der Waals surface area (Å²) in [6, 6.07) is 5.87. The van der Waals surface area contributed by atoms with Gasteiger partial charge in [0, 0.05) is 16.6 Å². The fraction of sp³-hybridized carbons (Fsp3) is 0.400. The standard InChI is InChI=1S/C15H19NO3/c1-4-18-11-6-7-14-13(8-11)12(10(3)16-14)9-15(17)19-5-2/h6-8,16H,4-5,9H2,1-3H3. The molecule has 1 N–H and O–H groups in total. The van der Waals surface area contributed by atoms with Crippen LogP contribution in [0.3, 0.4) is 0 Å². The summed E-state index contributed by atoms with van der Waals surface area (Å²) in [6.07, 6.45) is 0.287. The average molecular weight is 261 g/mol. The Morgan fingerprint density at radius 3 is 2.74 bits per heavy atom. The van der Waals surface area contributed by atoms with Crippen LogP contribution in [0.25, 0.3) is 10.9 Å². The molecule has 1 heterocycles. The molecule has 0 atom stereocenters. The van der Waals surface area contributed by atoms with Gasteiger partial charge in [-0.2, -0.15) is 0 Å². The number of H-pyrrole nitrogens is 1. The zero-order valence-electron chi connectivity index (χ0n) is 11.6. The molecule has 2 rings (SSSR count). The lowest BCUT2D eigenvalue weighted by Crippen LogP contribution is -2.07. The second kappa shape index (κ2) is 5.78. The Morgan fingerprint density at radius 1 is 1.26 bits per heavy atom. The first-order valence-electron chi connectivity index (χ1n) is 6.55. The minimum Gasteiger partial charge on any atom is -0.494 e. The molecule has 0 unspecified atom stereocenters. The van der Waals surface area contributed by atoms with Gasteiger partial charge in [0.2, 0.25) is 0 Å². The van der Waals surface area contributed by atoms with E-state index in [0.717, 1.165) is 27.9 Å². The van der Waals surface area contributed by atoms with Crippen molar-refractivity contribution in [2.45, 2.75) is 27.2 Å². The number of benzene rings is 1. The minimum absolute atomic E-state index is 0.201. The van der Waals surface area contributed by atoms with E-state index >= 15 is 0 Å². The number of hydrogen-bond donors (Lipinski definition) is 1. The molecule has 0 spiro atoms. The largest absolute Gasteiger partial charge is 0.494 e. The Morgan fingerprint density at radius 2 is 2.05 bits per heavy atom. The number of aromatic nitrogens is 1. The molecule has 0 radical (unpaired) electrons. The Kier molecular flexibility index (Phi) is 4.10. The lowest BCUT2D eigenvalue weighted by Gasteiger charge is -2.04. The van der Waals surface area contributed by atoms with Crippen LogP contribution in [-0.4, -0.2) is 24.2 Å². The molecule has 19 heavy (non-hydrogen) atoms. The third-order valence-electron chi connectivity index (χ3n) is 3.03. The maximum absolute atomic E-state index is 11.6. The molecule has 0 bridgehead atoms. The number of carbonyl (C=O) groups is 1. The zero-order valence-corrected chi connectivity index (χ0v) is 11.6. The summed E-state index contributed by atoms with van der Waals surface area (Å²) in [5, 5.41) is 1.02. The molecular formula is C15H19NO3. The molecule has 1 aromatic carbocycles. The van der Waals surface area contributed by atoms with Crippen LogP contribution >= 0.6 is 0 Å². The smallest absolute Gasteiger partial charge is 0.310 e. The van der Waals surface area contributed by atoms with E-state index in [9.17, 15) is 4.79 Å². The Bertz CT molecular complexity index is 586. The first-order valence-corrected chi connectivity index (χ1v) is 6.55. The van der Waals surface area contributed by atoms with Crippen molar-refractivity contribution >= 4 is 16.9 Å². The highest BCUT2D eigenvalue weighted by molar-refractivity contribution is 5.89. The Balaban J connectivity index is 2.37. The number of ether oxygens (including phenoxy) is 2. The van der Waals surface area contributed by atoms with Crippen molar-refractivity contribution in [3.05, 3.63) is 29.5 Å². The van der Waals surface area contributed by atoms with E-state index < -0.39 is 0 Å². The van der Waals surface area contributed by atoms with Gasteiger partial charge in [0.1, 0.15) is 5.75 Å². The van der Waals surface area contributed by atoms with Gasteiger partial charge in [0.15, 0.2) is 0 Å². The number of hydrogen-bond acceptors (Lipinski definition) is 3. The molecule has 2 aromatic rings. The summed E-state index contributed by atoms with van der Waals surface area (Å²) in [4.78, 5) is 14.9. The monoisotopic (exact) mass is 261 g/mol. The van der Waals surface area contributed by atoms with Crippen molar-refractivity contribution in [1.82, 2.24) is 4.98 Å². The van der Waals surface area contributed by atoms with Gasteiger partial charge in [-0.25, -0.2) is 0 Å². The summed E-state index contributed by atoms with van der Waals surface area (Å²) in [5.41, 5.74) is 2.99. The highest BCUT2D eigenvalue weighted by Crippen LogP contribution is 2.27. The SMILES string of the molecule is CCOC(=O)Cc1c(C)[nH]c2ccc(OCC)cc12. The van der Waals surface area contributed by atoms with Crippen LogP contribution in [-0.2, 0) is 16.0 Å². The molecule has 0 aliphatic carbocycles. The third kappa shape index (κ3) is 2.89. The molecule has 1 aromatic heterocycles. The van der Waals surface area contributed by atoms with Gasteiger partial charge in [-0.3, -0.25) is 4.79 Å². The van der Waals surface area contributed by atoms with Crippen LogP contribution in [0.2, 0.25) is 0 Å². The van der Waals surface area contributed by atoms with Gasteiger partial charge in [-0.15, -0.1) is 0 Å². The first-order chi connectivity index (χ1) is 9.15. The molecule has 0 aliphatic rings. The number of rotatable bonds is 5. The van der Waals surface area contributed by atoms with E-state index in [1.54, 1.807) is 0 Å². The maximum Gasteiger partial charge on any atom is 0.310 e. The van der Waals surface area contributed by atoms with Crippen molar-refractivity contribution < 1.29 is 14.3 Å². The Labute approximate surface area is 112 Å². The summed E-state index contributed by atoms with van der Waals surface area (Å²) in [7, 11) is 0. The van der Waals surface area contributed by atoms with Crippen molar-refractivity contribution in [2.24, 2.45) is 0 Å². The van der Waals surface area contributed by atoms with Crippen molar-refractivity contribution in [3.8, 4) is 5.75 Å². The lowest BCUT2D eigenvalue weighted by atomic mass is 10.1. The number of carbonyl (C=O) groups excluding carboxylic acids is 1. The van der Waals surface area contributed by atoms with Gasteiger partial charge >= 0.3 is 5.97 Å². The van der Waals surface area contributed by atoms with Crippen LogP contribution < -0.4 is 4.74 Å². The predicted octanol–water partition coefficient (Wildman–Crippen LogP) is 2.98. The number of esters is 1. The van der Waals surface area contributed by atoms with Crippen LogP contribution in [0.4, 0.5) is 0 Å². The summed E-state index contributed by atoms with van der Waals surface area (Å²) in [6.45, 7) is 6.76. The maximum atomic E-state index is 11.6. The predicted molar refractivity (Wildman–Crippen MR) is 74.5 cm³/mol. The van der Waals surface area contributed by atoms with Crippen LogP contribution in [0, 0.1) is 6.92 Å². The Hall–Kier alpha value is -1.97. The molecule has 0 aliphatic heterocycles. The third-order valence-corrected chi connectivity index (χ3v) is 3.03. The topological polar surface area (TPSA) is 51.3 Å². The van der Waals surface area contributed by atoms with Gasteiger partial charge in [0.05, 0.1) is 19.6 Å². The summed E-state index contributed by atoms with van der Waals surface area (Å²) >= 11 is 0. The highest BCUT2D eigenvalue weighted by Gasteiger charge is 2.13. The molecule has 4 heteroatoms. The number of nitrogens with one attached hydrogen (secondary N) is 1. The second-order valence-electron chi connectivity index (χ2n) is 4.35. The van der Waals surface area contributed by atoms with Gasteiger partial charge in [-0.05, 0) is 44.5 Å². The molecule has 102 valence electrons. The highest BCUT2D eigenvalue weighted by atomic mass is 16.5. The molecule has 0 amide bonds. The number of aromatic amines is 1. The van der Waals surface area contributed by atoms with Crippen molar-refractivity contribution in [1.29, 1.82) is 0 Å². The summed E-state index contributed by atoms with van der Waals surface area (Å²) in [5.74, 6) is 0.618. The van der Waals surface area contributed by atoms with E-state index in [4.69, 9.17) is 9.47 Å². The van der Waals surface area contributed by atoms with E-state index in [2.05, 4.69) is 4.98 Å². The van der Waals surface area contributed by atoms with Crippen molar-refractivity contribution in [3.63, 3.8) is 0 Å². The second-order valence-corrected chi connectivity index (χ2v) is 4.35. The van der Waals surface area contributed by atoms with Gasteiger partial charge in [0.25, 0.3) is 0 Å². The quantitative estimate of drug-likeness (QED) is 0.842. The molecule has 0 saturated carbocycles. The molecular weight excluding hydrogens is 242 g/mol. The van der Waals surface area contributed by atoms with Gasteiger partial charge < -0.3 is 14.5 Å². The number of aryl methyl sites for hydroxylation is 1. The lowest BCUT2D eigenvalue weighted by molar-refractivity contribution is -0.142.